The Hall–Kier alpha value is -0.940. The summed E-state index contributed by atoms with van der Waals surface area (Å²) >= 11 is 0. The van der Waals surface area contributed by atoms with Crippen LogP contribution in [-0.4, -0.2) is 60.8 Å². The van der Waals surface area contributed by atoms with Crippen molar-refractivity contribution in [1.82, 2.24) is 9.80 Å². The fraction of sp³-hybridized carbons (Fsp3) is 0.611. The third kappa shape index (κ3) is 5.28. The largest absolute Gasteiger partial charge is 0.412 e. The van der Waals surface area contributed by atoms with Crippen molar-refractivity contribution in [1.29, 1.82) is 0 Å². The van der Waals surface area contributed by atoms with Crippen molar-refractivity contribution in [2.45, 2.75) is 32.1 Å². The van der Waals surface area contributed by atoms with E-state index in [1.165, 1.54) is 36.8 Å². The lowest BCUT2D eigenvalue weighted by Gasteiger charge is -2.31. The number of nitrogens with zero attached hydrogens (tertiary/aromatic N) is 2. The lowest BCUT2D eigenvalue weighted by molar-refractivity contribution is 0.0876. The van der Waals surface area contributed by atoms with Gasteiger partial charge in [-0.15, -0.1) is 12.4 Å². The summed E-state index contributed by atoms with van der Waals surface area (Å²) in [6, 6.07) is 6.40. The first-order valence-corrected chi connectivity index (χ1v) is 8.28. The predicted molar refractivity (Wildman–Crippen MR) is 96.8 cm³/mol. The molecule has 0 bridgehead atoms. The molecule has 0 amide bonds. The van der Waals surface area contributed by atoms with Crippen LogP contribution in [0.1, 0.15) is 40.7 Å². The van der Waals surface area contributed by atoms with Crippen LogP contribution < -0.4 is 0 Å². The minimum absolute atomic E-state index is 0. The van der Waals surface area contributed by atoms with Crippen LogP contribution in [0.2, 0.25) is 0 Å². The quantitative estimate of drug-likeness (QED) is 0.624. The summed E-state index contributed by atoms with van der Waals surface area (Å²) in [5.74, 6) is 0.284. The normalized spacial score (nSPS) is 19.0. The van der Waals surface area contributed by atoms with Gasteiger partial charge in [-0.1, -0.05) is 18.6 Å². The maximum Gasteiger partial charge on any atom is 0.176 e. The van der Waals surface area contributed by atoms with E-state index in [0.29, 0.717) is 6.54 Å². The summed E-state index contributed by atoms with van der Waals surface area (Å²) in [6.45, 7) is 4.72. The van der Waals surface area contributed by atoms with Gasteiger partial charge in [-0.25, -0.2) is 0 Å². The average molecular weight is 341 g/mol. The Morgan fingerprint density at radius 3 is 2.35 bits per heavy atom. The third-order valence-corrected chi connectivity index (χ3v) is 4.88. The second kappa shape index (κ2) is 9.38. The van der Waals surface area contributed by atoms with Crippen molar-refractivity contribution >= 4 is 18.2 Å². The van der Waals surface area contributed by atoms with Crippen molar-refractivity contribution in [3.63, 3.8) is 0 Å². The summed E-state index contributed by atoms with van der Waals surface area (Å²) < 4.78 is 0. The second-order valence-corrected chi connectivity index (χ2v) is 6.55. The van der Waals surface area contributed by atoms with E-state index in [1.807, 2.05) is 6.07 Å². The van der Waals surface area contributed by atoms with Crippen LogP contribution in [0.5, 0.6) is 0 Å². The number of carbonyl (C=O) groups is 1. The zero-order valence-electron chi connectivity index (χ0n) is 14.0. The van der Waals surface area contributed by atoms with Gasteiger partial charge in [-0.2, -0.15) is 0 Å². The molecule has 0 saturated carbocycles. The molecule has 1 heterocycles. The maximum absolute atomic E-state index is 12.5. The number of carbonyl (C=O) groups excluding carboxylic acids is 1. The molecule has 0 spiro atoms. The summed E-state index contributed by atoms with van der Waals surface area (Å²) in [4.78, 5) is 17.1. The molecule has 23 heavy (non-hydrogen) atoms. The van der Waals surface area contributed by atoms with Crippen LogP contribution in [0.3, 0.4) is 0 Å². The van der Waals surface area contributed by atoms with Crippen LogP contribution in [0.4, 0.5) is 0 Å². The Bertz CT molecular complexity index is 514. The molecule has 1 aromatic rings. The molecule has 2 N–H and O–H groups in total. The SMILES string of the molecule is CN1CCN(CC(=O)c2ccc3c(c2)CCCCC3)CC1.Cl.O. The summed E-state index contributed by atoms with van der Waals surface area (Å²) in [5, 5.41) is 0. The van der Waals surface area contributed by atoms with Crippen LogP contribution in [-0.2, 0) is 12.8 Å². The number of fused-ring (bicyclic) bond motifs is 1. The van der Waals surface area contributed by atoms with Crippen LogP contribution in [0.15, 0.2) is 18.2 Å². The monoisotopic (exact) mass is 340 g/mol. The smallest absolute Gasteiger partial charge is 0.176 e. The molecule has 0 unspecified atom stereocenters. The van der Waals surface area contributed by atoms with Gasteiger partial charge in [0, 0.05) is 31.7 Å². The Labute approximate surface area is 145 Å². The minimum atomic E-state index is 0. The maximum atomic E-state index is 12.5. The second-order valence-electron chi connectivity index (χ2n) is 6.55. The Balaban J connectivity index is 0.00000132. The summed E-state index contributed by atoms with van der Waals surface area (Å²) in [5.41, 5.74) is 3.79. The van der Waals surface area contributed by atoms with E-state index in [4.69, 9.17) is 0 Å². The number of piperazine rings is 1. The summed E-state index contributed by atoms with van der Waals surface area (Å²) in [6.07, 6.45) is 6.21. The molecule has 0 atom stereocenters. The molecule has 1 fully saturated rings. The Kier molecular flexibility index (Phi) is 8.20. The van der Waals surface area contributed by atoms with Crippen molar-refractivity contribution in [3.05, 3.63) is 34.9 Å². The number of hydrogen-bond donors (Lipinski definition) is 0. The Morgan fingerprint density at radius 2 is 1.65 bits per heavy atom. The van der Waals surface area contributed by atoms with Crippen LogP contribution >= 0.6 is 12.4 Å². The zero-order chi connectivity index (χ0) is 14.7. The van der Waals surface area contributed by atoms with Gasteiger partial charge >= 0.3 is 0 Å². The zero-order valence-corrected chi connectivity index (χ0v) is 14.8. The molecule has 1 aliphatic carbocycles. The molecule has 4 nitrogen and oxygen atoms in total. The van der Waals surface area contributed by atoms with Gasteiger partial charge < -0.3 is 10.4 Å². The van der Waals surface area contributed by atoms with Gasteiger partial charge in [0.1, 0.15) is 0 Å². The van der Waals surface area contributed by atoms with Gasteiger partial charge in [0.25, 0.3) is 0 Å². The van der Waals surface area contributed by atoms with E-state index < -0.39 is 0 Å². The summed E-state index contributed by atoms with van der Waals surface area (Å²) in [7, 11) is 2.14. The highest BCUT2D eigenvalue weighted by atomic mass is 35.5. The number of likely N-dealkylation sites (N-methyl/N-ethyl adjacent to an activating group) is 1. The number of benzene rings is 1. The minimum Gasteiger partial charge on any atom is -0.412 e. The van der Waals surface area contributed by atoms with Gasteiger partial charge in [-0.3, -0.25) is 9.69 Å². The number of hydrogen-bond acceptors (Lipinski definition) is 3. The number of rotatable bonds is 3. The number of ketones is 1. The number of Topliss-reactive ketones (excluding diaryl/α,β-unsaturated/α-hetero) is 1. The number of halogens is 1. The van der Waals surface area contributed by atoms with E-state index in [2.05, 4.69) is 29.0 Å². The first-order valence-electron chi connectivity index (χ1n) is 8.28. The fourth-order valence-corrected chi connectivity index (χ4v) is 3.38. The van der Waals surface area contributed by atoms with Gasteiger partial charge in [0.15, 0.2) is 5.78 Å². The van der Waals surface area contributed by atoms with E-state index in [-0.39, 0.29) is 23.7 Å². The molecule has 0 aromatic heterocycles. The first kappa shape index (κ1) is 20.1. The van der Waals surface area contributed by atoms with E-state index in [1.54, 1.807) is 0 Å². The molecule has 1 saturated heterocycles. The molecule has 3 rings (SSSR count). The van der Waals surface area contributed by atoms with Crippen molar-refractivity contribution in [2.75, 3.05) is 39.8 Å². The Morgan fingerprint density at radius 1 is 1.00 bits per heavy atom. The predicted octanol–water partition coefficient (Wildman–Crippen LogP) is 1.98. The van der Waals surface area contributed by atoms with Crippen LogP contribution in [0.25, 0.3) is 0 Å². The average Bonchev–Trinajstić information content (AvgIpc) is 2.74. The van der Waals surface area contributed by atoms with Crippen LogP contribution in [0, 0.1) is 0 Å². The molecule has 1 aliphatic heterocycles. The molecule has 5 heteroatoms. The van der Waals surface area contributed by atoms with Crippen molar-refractivity contribution < 1.29 is 10.3 Å². The molecule has 1 aromatic carbocycles. The highest BCUT2D eigenvalue weighted by Gasteiger charge is 2.18. The standard InChI is InChI=1S/C18H26N2O.ClH.H2O/c1-19-9-11-20(12-10-19)14-18(21)17-8-7-15-5-3-2-4-6-16(15)13-17;;/h7-8,13H,2-6,9-12,14H2,1H3;1H;1H2. The third-order valence-electron chi connectivity index (χ3n) is 4.88. The van der Waals surface area contributed by atoms with Gasteiger partial charge in [-0.05, 0) is 49.9 Å². The fourth-order valence-electron chi connectivity index (χ4n) is 3.38. The van der Waals surface area contributed by atoms with Gasteiger partial charge in [0.05, 0.1) is 6.54 Å². The van der Waals surface area contributed by atoms with E-state index in [0.717, 1.165) is 38.2 Å². The molecular formula is C18H29ClN2O2. The highest BCUT2D eigenvalue weighted by molar-refractivity contribution is 5.97. The molecule has 130 valence electrons. The van der Waals surface area contributed by atoms with Gasteiger partial charge in [0.2, 0.25) is 0 Å². The van der Waals surface area contributed by atoms with Crippen molar-refractivity contribution in [2.24, 2.45) is 0 Å². The number of aryl methyl sites for hydroxylation is 2. The van der Waals surface area contributed by atoms with E-state index >= 15 is 0 Å². The van der Waals surface area contributed by atoms with Crippen molar-refractivity contribution in [3.8, 4) is 0 Å². The lowest BCUT2D eigenvalue weighted by Crippen LogP contribution is -2.46. The topological polar surface area (TPSA) is 55.0 Å². The lowest BCUT2D eigenvalue weighted by atomic mass is 9.98. The molecule has 2 aliphatic rings. The first-order chi connectivity index (χ1) is 10.2. The molecule has 0 radical (unpaired) electrons. The van der Waals surface area contributed by atoms with E-state index in [9.17, 15) is 4.79 Å². The highest BCUT2D eigenvalue weighted by Crippen LogP contribution is 2.22. The molecular weight excluding hydrogens is 312 g/mol.